The predicted molar refractivity (Wildman–Crippen MR) is 92.5 cm³/mol. The monoisotopic (exact) mass is 335 g/mol. The molecule has 1 aromatic heterocycles. The van der Waals surface area contributed by atoms with E-state index in [0.717, 1.165) is 44.6 Å². The summed E-state index contributed by atoms with van der Waals surface area (Å²) in [5.41, 5.74) is 1.02. The van der Waals surface area contributed by atoms with Crippen molar-refractivity contribution in [1.29, 1.82) is 0 Å². The third-order valence-corrected chi connectivity index (χ3v) is 5.11. The van der Waals surface area contributed by atoms with E-state index in [1.165, 1.54) is 11.3 Å². The van der Waals surface area contributed by atoms with Crippen molar-refractivity contribution >= 4 is 22.4 Å². The Morgan fingerprint density at radius 3 is 2.87 bits per heavy atom. The smallest absolute Gasteiger partial charge is 0.229 e. The fraction of sp³-hybridized carbons (Fsp3) is 0.647. The van der Waals surface area contributed by atoms with Gasteiger partial charge in [0.2, 0.25) is 5.91 Å². The van der Waals surface area contributed by atoms with E-state index in [9.17, 15) is 4.79 Å². The van der Waals surface area contributed by atoms with Gasteiger partial charge in [0, 0.05) is 30.9 Å². The van der Waals surface area contributed by atoms with E-state index in [-0.39, 0.29) is 24.0 Å². The number of carbonyl (C=O) groups excluding carboxylic acids is 1. The quantitative estimate of drug-likeness (QED) is 0.859. The van der Waals surface area contributed by atoms with Crippen LogP contribution in [0.15, 0.2) is 17.5 Å². The summed E-state index contributed by atoms with van der Waals surface area (Å²) in [4.78, 5) is 19.2. The molecule has 1 aliphatic heterocycles. The number of morpholine rings is 1. The second-order valence-electron chi connectivity index (χ2n) is 6.57. The number of amides is 1. The van der Waals surface area contributed by atoms with Crippen LogP contribution in [0.25, 0.3) is 0 Å². The molecule has 6 heteroatoms. The van der Waals surface area contributed by atoms with Crippen LogP contribution in [0.5, 0.6) is 0 Å². The Bertz CT molecular complexity index is 562. The van der Waals surface area contributed by atoms with Crippen molar-refractivity contribution in [3.8, 4) is 0 Å². The van der Waals surface area contributed by atoms with Crippen LogP contribution in [0.4, 0.5) is 5.13 Å². The van der Waals surface area contributed by atoms with Crippen LogP contribution < -0.4 is 5.32 Å². The fourth-order valence-electron chi connectivity index (χ4n) is 3.32. The lowest BCUT2D eigenvalue weighted by Gasteiger charge is -2.34. The average Bonchev–Trinajstić information content (AvgIpc) is 2.94. The molecule has 1 N–H and O–H groups in total. The molecule has 1 aromatic rings. The standard InChI is InChI=1S/C17H25N3O2S/c1-12-8-20(9-13(2)22-12)10-15-11-23-17(18-15)19-16(21)14-6-4-3-5-7-14/h3-4,11-14H,5-10H2,1-2H3,(H,18,19,21)/t12-,13+,14-/m1/s1. The summed E-state index contributed by atoms with van der Waals surface area (Å²) >= 11 is 1.51. The third-order valence-electron chi connectivity index (χ3n) is 4.30. The van der Waals surface area contributed by atoms with Crippen LogP contribution in [-0.2, 0) is 16.1 Å². The predicted octanol–water partition coefficient (Wildman–Crippen LogP) is 3.05. The number of rotatable bonds is 4. The molecule has 0 radical (unpaired) electrons. The minimum atomic E-state index is 0.0910. The van der Waals surface area contributed by atoms with Crippen molar-refractivity contribution in [2.75, 3.05) is 18.4 Å². The van der Waals surface area contributed by atoms with Crippen molar-refractivity contribution in [2.45, 2.75) is 51.9 Å². The number of anilines is 1. The van der Waals surface area contributed by atoms with E-state index < -0.39 is 0 Å². The Labute approximate surface area is 141 Å². The van der Waals surface area contributed by atoms with E-state index in [2.05, 4.69) is 41.2 Å². The normalized spacial score (nSPS) is 28.7. The second kappa shape index (κ2) is 7.55. The van der Waals surface area contributed by atoms with E-state index in [1.54, 1.807) is 0 Å². The van der Waals surface area contributed by atoms with Crippen molar-refractivity contribution in [1.82, 2.24) is 9.88 Å². The molecule has 23 heavy (non-hydrogen) atoms. The Morgan fingerprint density at radius 1 is 1.39 bits per heavy atom. The molecule has 5 nitrogen and oxygen atoms in total. The minimum Gasteiger partial charge on any atom is -0.373 e. The summed E-state index contributed by atoms with van der Waals surface area (Å²) in [5, 5.41) is 5.74. The van der Waals surface area contributed by atoms with Gasteiger partial charge in [-0.3, -0.25) is 9.69 Å². The first-order valence-corrected chi connectivity index (χ1v) is 9.26. The molecule has 0 spiro atoms. The zero-order chi connectivity index (χ0) is 16.2. The summed E-state index contributed by atoms with van der Waals surface area (Å²) in [6.45, 7) is 6.88. The lowest BCUT2D eigenvalue weighted by molar-refractivity contribution is -0.120. The van der Waals surface area contributed by atoms with Crippen LogP contribution >= 0.6 is 11.3 Å². The van der Waals surface area contributed by atoms with E-state index in [4.69, 9.17) is 4.74 Å². The first kappa shape index (κ1) is 16.6. The Hall–Kier alpha value is -1.24. The molecule has 1 amide bonds. The largest absolute Gasteiger partial charge is 0.373 e. The van der Waals surface area contributed by atoms with Crippen LogP contribution in [-0.4, -0.2) is 41.1 Å². The number of nitrogens with one attached hydrogen (secondary N) is 1. The van der Waals surface area contributed by atoms with Gasteiger partial charge in [0.05, 0.1) is 17.9 Å². The molecule has 3 atom stereocenters. The third kappa shape index (κ3) is 4.62. The summed E-state index contributed by atoms with van der Waals surface area (Å²) in [5.74, 6) is 0.192. The van der Waals surface area contributed by atoms with Gasteiger partial charge in [-0.05, 0) is 33.1 Å². The zero-order valence-corrected chi connectivity index (χ0v) is 14.6. The lowest BCUT2D eigenvalue weighted by atomic mass is 9.94. The van der Waals surface area contributed by atoms with E-state index in [0.29, 0.717) is 5.13 Å². The van der Waals surface area contributed by atoms with E-state index in [1.807, 2.05) is 5.38 Å². The molecule has 0 saturated carbocycles. The van der Waals surface area contributed by atoms with Gasteiger partial charge in [0.15, 0.2) is 5.13 Å². The van der Waals surface area contributed by atoms with Crippen LogP contribution in [0, 0.1) is 5.92 Å². The van der Waals surface area contributed by atoms with Gasteiger partial charge >= 0.3 is 0 Å². The van der Waals surface area contributed by atoms with Crippen molar-refractivity contribution < 1.29 is 9.53 Å². The molecular formula is C17H25N3O2S. The highest BCUT2D eigenvalue weighted by Gasteiger charge is 2.23. The SMILES string of the molecule is C[C@@H]1CN(Cc2csc(NC(=O)[C@@H]3CC=CCC3)n2)C[C@H](C)O1. The number of nitrogens with zero attached hydrogens (tertiary/aromatic N) is 2. The molecule has 2 heterocycles. The lowest BCUT2D eigenvalue weighted by Crippen LogP contribution is -2.44. The molecule has 3 rings (SSSR count). The zero-order valence-electron chi connectivity index (χ0n) is 13.8. The van der Waals surface area contributed by atoms with Gasteiger partial charge in [-0.1, -0.05) is 12.2 Å². The van der Waals surface area contributed by atoms with Crippen molar-refractivity contribution in [3.05, 3.63) is 23.2 Å². The topological polar surface area (TPSA) is 54.5 Å². The first-order chi connectivity index (χ1) is 11.1. The van der Waals surface area contributed by atoms with Gasteiger partial charge in [-0.25, -0.2) is 4.98 Å². The maximum absolute atomic E-state index is 12.2. The molecule has 126 valence electrons. The number of ether oxygens (including phenoxy) is 1. The average molecular weight is 335 g/mol. The molecule has 1 aliphatic carbocycles. The molecule has 0 bridgehead atoms. The highest BCUT2D eigenvalue weighted by molar-refractivity contribution is 7.13. The summed E-state index contributed by atoms with van der Waals surface area (Å²) in [6, 6.07) is 0. The number of thiazole rings is 1. The number of aromatic nitrogens is 1. The number of hydrogen-bond acceptors (Lipinski definition) is 5. The van der Waals surface area contributed by atoms with Crippen LogP contribution in [0.3, 0.4) is 0 Å². The second-order valence-corrected chi connectivity index (χ2v) is 7.42. The molecule has 1 saturated heterocycles. The molecule has 1 fully saturated rings. The van der Waals surface area contributed by atoms with Crippen molar-refractivity contribution in [2.24, 2.45) is 5.92 Å². The maximum Gasteiger partial charge on any atom is 0.229 e. The number of hydrogen-bond donors (Lipinski definition) is 1. The Balaban J connectivity index is 1.53. The van der Waals surface area contributed by atoms with Gasteiger partial charge in [0.25, 0.3) is 0 Å². The Morgan fingerprint density at radius 2 is 2.17 bits per heavy atom. The summed E-state index contributed by atoms with van der Waals surface area (Å²) in [7, 11) is 0. The maximum atomic E-state index is 12.2. The van der Waals surface area contributed by atoms with Gasteiger partial charge in [0.1, 0.15) is 0 Å². The molecule has 0 aromatic carbocycles. The molecular weight excluding hydrogens is 310 g/mol. The fourth-order valence-corrected chi connectivity index (χ4v) is 4.02. The van der Waals surface area contributed by atoms with Crippen molar-refractivity contribution in [3.63, 3.8) is 0 Å². The summed E-state index contributed by atoms with van der Waals surface area (Å²) in [6.07, 6.45) is 7.54. The summed E-state index contributed by atoms with van der Waals surface area (Å²) < 4.78 is 5.76. The van der Waals surface area contributed by atoms with Gasteiger partial charge in [-0.2, -0.15) is 0 Å². The highest BCUT2D eigenvalue weighted by atomic mass is 32.1. The highest BCUT2D eigenvalue weighted by Crippen LogP contribution is 2.23. The van der Waals surface area contributed by atoms with Crippen LogP contribution in [0.2, 0.25) is 0 Å². The number of carbonyl (C=O) groups is 1. The first-order valence-electron chi connectivity index (χ1n) is 8.38. The van der Waals surface area contributed by atoms with E-state index >= 15 is 0 Å². The van der Waals surface area contributed by atoms with Crippen LogP contribution in [0.1, 0.15) is 38.8 Å². The number of allylic oxidation sites excluding steroid dienone is 2. The Kier molecular flexibility index (Phi) is 5.46. The van der Waals surface area contributed by atoms with Gasteiger partial charge in [-0.15, -0.1) is 11.3 Å². The molecule has 2 aliphatic rings. The minimum absolute atomic E-state index is 0.0910. The van der Waals surface area contributed by atoms with Gasteiger partial charge < -0.3 is 10.1 Å². The molecule has 0 unspecified atom stereocenters.